The van der Waals surface area contributed by atoms with E-state index in [9.17, 15) is 14.4 Å². The molecule has 27 heavy (non-hydrogen) atoms. The molecule has 4 rings (SSSR count). The van der Waals surface area contributed by atoms with Crippen LogP contribution in [0.5, 0.6) is 0 Å². The summed E-state index contributed by atoms with van der Waals surface area (Å²) >= 11 is 5.91. The lowest BCUT2D eigenvalue weighted by molar-refractivity contribution is -0.132. The number of carbonyl (C=O) groups excluding carboxylic acids is 3. The molecule has 1 aromatic rings. The van der Waals surface area contributed by atoms with Crippen molar-refractivity contribution in [3.05, 3.63) is 41.4 Å². The quantitative estimate of drug-likeness (QED) is 0.637. The van der Waals surface area contributed by atoms with E-state index < -0.39 is 29.0 Å². The minimum Gasteiger partial charge on any atom is -0.360 e. The monoisotopic (exact) mass is 388 g/mol. The van der Waals surface area contributed by atoms with Crippen LogP contribution in [-0.2, 0) is 19.1 Å². The van der Waals surface area contributed by atoms with E-state index in [0.717, 1.165) is 0 Å². The molecule has 2 fully saturated rings. The Kier molecular flexibility index (Phi) is 3.98. The Morgan fingerprint density at radius 1 is 1.22 bits per heavy atom. The first-order chi connectivity index (χ1) is 12.6. The van der Waals surface area contributed by atoms with Crippen molar-refractivity contribution in [1.82, 2.24) is 5.32 Å². The van der Waals surface area contributed by atoms with Gasteiger partial charge in [0, 0.05) is 10.4 Å². The van der Waals surface area contributed by atoms with E-state index in [1.807, 2.05) is 32.9 Å². The van der Waals surface area contributed by atoms with Crippen molar-refractivity contribution in [2.75, 3.05) is 11.4 Å². The van der Waals surface area contributed by atoms with E-state index in [2.05, 4.69) is 5.32 Å². The van der Waals surface area contributed by atoms with Gasteiger partial charge in [-0.3, -0.25) is 14.4 Å². The molecule has 4 atom stereocenters. The molecule has 3 aliphatic rings. The smallest absolute Gasteiger partial charge is 0.241 e. The van der Waals surface area contributed by atoms with E-state index in [-0.39, 0.29) is 24.3 Å². The van der Waals surface area contributed by atoms with Crippen LogP contribution in [0.15, 0.2) is 36.4 Å². The van der Waals surface area contributed by atoms with Crippen LogP contribution in [-0.4, -0.2) is 36.0 Å². The SMILES string of the molecule is CC(C)(C)C(=O)NC[C@@]12C=C[C@@H](O1)[C@@H]1C(=O)N(c3ccc(Cl)cc3)C(=O)[C@@H]12. The fraction of sp³-hybridized carbons (Fsp3) is 0.450. The summed E-state index contributed by atoms with van der Waals surface area (Å²) in [5.41, 5.74) is -1.04. The number of ether oxygens (including phenoxy) is 1. The largest absolute Gasteiger partial charge is 0.360 e. The van der Waals surface area contributed by atoms with E-state index in [4.69, 9.17) is 16.3 Å². The summed E-state index contributed by atoms with van der Waals surface area (Å²) in [4.78, 5) is 39.6. The summed E-state index contributed by atoms with van der Waals surface area (Å²) in [7, 11) is 0. The average molecular weight is 389 g/mol. The highest BCUT2D eigenvalue weighted by Crippen LogP contribution is 2.52. The van der Waals surface area contributed by atoms with Gasteiger partial charge in [0.15, 0.2) is 0 Å². The average Bonchev–Trinajstić information content (AvgIpc) is 3.24. The Balaban J connectivity index is 1.62. The second kappa shape index (κ2) is 5.91. The number of hydrogen-bond acceptors (Lipinski definition) is 4. The number of anilines is 1. The summed E-state index contributed by atoms with van der Waals surface area (Å²) in [6.07, 6.45) is 3.19. The van der Waals surface area contributed by atoms with Crippen molar-refractivity contribution >= 4 is 35.0 Å². The molecule has 142 valence electrons. The zero-order valence-corrected chi connectivity index (χ0v) is 16.1. The lowest BCUT2D eigenvalue weighted by Gasteiger charge is -2.30. The highest BCUT2D eigenvalue weighted by molar-refractivity contribution is 6.31. The van der Waals surface area contributed by atoms with Crippen LogP contribution < -0.4 is 10.2 Å². The van der Waals surface area contributed by atoms with Crippen molar-refractivity contribution in [2.45, 2.75) is 32.5 Å². The van der Waals surface area contributed by atoms with Crippen LogP contribution in [0.1, 0.15) is 20.8 Å². The molecule has 0 aliphatic carbocycles. The van der Waals surface area contributed by atoms with E-state index >= 15 is 0 Å². The van der Waals surface area contributed by atoms with Crippen LogP contribution in [0, 0.1) is 17.3 Å². The third-order valence-corrected chi connectivity index (χ3v) is 5.70. The number of amides is 3. The molecule has 3 aliphatic heterocycles. The Morgan fingerprint density at radius 2 is 1.89 bits per heavy atom. The number of carbonyl (C=O) groups is 3. The molecule has 2 bridgehead atoms. The van der Waals surface area contributed by atoms with Gasteiger partial charge in [-0.05, 0) is 24.3 Å². The van der Waals surface area contributed by atoms with Crippen molar-refractivity contribution in [2.24, 2.45) is 17.3 Å². The van der Waals surface area contributed by atoms with Gasteiger partial charge in [-0.1, -0.05) is 44.5 Å². The number of halogens is 1. The second-order valence-corrected chi connectivity index (χ2v) is 8.76. The predicted octanol–water partition coefficient (Wildman–Crippen LogP) is 2.32. The van der Waals surface area contributed by atoms with E-state index in [0.29, 0.717) is 10.7 Å². The predicted molar refractivity (Wildman–Crippen MR) is 100 cm³/mol. The third-order valence-electron chi connectivity index (χ3n) is 5.45. The first-order valence-corrected chi connectivity index (χ1v) is 9.31. The molecule has 7 heteroatoms. The Hall–Kier alpha value is -2.18. The van der Waals surface area contributed by atoms with Gasteiger partial charge in [-0.25, -0.2) is 4.90 Å². The number of hydrogen-bond donors (Lipinski definition) is 1. The minimum absolute atomic E-state index is 0.132. The Morgan fingerprint density at radius 3 is 2.52 bits per heavy atom. The van der Waals surface area contributed by atoms with Gasteiger partial charge in [0.2, 0.25) is 17.7 Å². The molecular formula is C20H21ClN2O4. The zero-order chi connectivity index (χ0) is 19.6. The Bertz CT molecular complexity index is 858. The molecular weight excluding hydrogens is 368 g/mol. The number of fused-ring (bicyclic) bond motifs is 5. The number of nitrogens with zero attached hydrogens (tertiary/aromatic N) is 1. The van der Waals surface area contributed by atoms with Crippen molar-refractivity contribution in [1.29, 1.82) is 0 Å². The van der Waals surface area contributed by atoms with Crippen LogP contribution in [0.3, 0.4) is 0 Å². The highest BCUT2D eigenvalue weighted by atomic mass is 35.5. The summed E-state index contributed by atoms with van der Waals surface area (Å²) in [6.45, 7) is 5.61. The maximum absolute atomic E-state index is 13.2. The maximum Gasteiger partial charge on any atom is 0.241 e. The van der Waals surface area contributed by atoms with E-state index in [1.165, 1.54) is 4.90 Å². The number of nitrogens with one attached hydrogen (secondary N) is 1. The summed E-state index contributed by atoms with van der Waals surface area (Å²) < 4.78 is 6.02. The van der Waals surface area contributed by atoms with Crippen molar-refractivity contribution < 1.29 is 19.1 Å². The fourth-order valence-electron chi connectivity index (χ4n) is 4.03. The van der Waals surface area contributed by atoms with Crippen LogP contribution in [0.25, 0.3) is 0 Å². The molecule has 3 amide bonds. The van der Waals surface area contributed by atoms with Gasteiger partial charge < -0.3 is 10.1 Å². The molecule has 2 saturated heterocycles. The highest BCUT2D eigenvalue weighted by Gasteiger charge is 2.67. The first kappa shape index (κ1) is 18.2. The zero-order valence-electron chi connectivity index (χ0n) is 15.4. The van der Waals surface area contributed by atoms with Crippen LogP contribution in [0.4, 0.5) is 5.69 Å². The molecule has 0 aromatic heterocycles. The summed E-state index contributed by atoms with van der Waals surface area (Å²) in [5, 5.41) is 3.41. The standard InChI is InChI=1S/C20H21ClN2O4/c1-19(2,3)18(26)22-10-20-9-8-13(27-20)14-15(20)17(25)23(16(14)24)12-6-4-11(21)5-7-12/h4-9,13-15H,10H2,1-3H3,(H,22,26)/t13-,14+,15-,20-/m1/s1. The van der Waals surface area contributed by atoms with Gasteiger partial charge in [0.1, 0.15) is 5.60 Å². The van der Waals surface area contributed by atoms with Gasteiger partial charge in [-0.15, -0.1) is 0 Å². The Labute approximate surface area is 162 Å². The third kappa shape index (κ3) is 2.70. The molecule has 0 unspecified atom stereocenters. The maximum atomic E-state index is 13.2. The van der Waals surface area contributed by atoms with Gasteiger partial charge in [-0.2, -0.15) is 0 Å². The number of benzene rings is 1. The van der Waals surface area contributed by atoms with Gasteiger partial charge in [0.25, 0.3) is 0 Å². The van der Waals surface area contributed by atoms with Crippen molar-refractivity contribution in [3.63, 3.8) is 0 Å². The molecule has 1 N–H and O–H groups in total. The lowest BCUT2D eigenvalue weighted by atomic mass is 9.76. The lowest BCUT2D eigenvalue weighted by Crippen LogP contribution is -2.50. The molecule has 0 saturated carbocycles. The second-order valence-electron chi connectivity index (χ2n) is 8.32. The first-order valence-electron chi connectivity index (χ1n) is 8.93. The summed E-state index contributed by atoms with van der Waals surface area (Å²) in [6, 6.07) is 6.61. The summed E-state index contributed by atoms with van der Waals surface area (Å²) in [5.74, 6) is -1.91. The molecule has 1 aromatic carbocycles. The van der Waals surface area contributed by atoms with Crippen molar-refractivity contribution in [3.8, 4) is 0 Å². The minimum atomic E-state index is -0.982. The van der Waals surface area contributed by atoms with E-state index in [1.54, 1.807) is 24.3 Å². The van der Waals surface area contributed by atoms with Crippen LogP contribution in [0.2, 0.25) is 5.02 Å². The van der Waals surface area contributed by atoms with Gasteiger partial charge >= 0.3 is 0 Å². The molecule has 0 spiro atoms. The van der Waals surface area contributed by atoms with Gasteiger partial charge in [0.05, 0.1) is 30.2 Å². The van der Waals surface area contributed by atoms with Crippen LogP contribution >= 0.6 is 11.6 Å². The molecule has 6 nitrogen and oxygen atoms in total. The molecule has 3 heterocycles. The topological polar surface area (TPSA) is 75.7 Å². The number of rotatable bonds is 3. The number of imide groups is 1. The normalized spacial score (nSPS) is 31.6. The fourth-order valence-corrected chi connectivity index (χ4v) is 4.16. The molecule has 0 radical (unpaired) electrons.